The Kier molecular flexibility index (Phi) is 9.86. The van der Waals surface area contributed by atoms with Crippen LogP contribution in [-0.4, -0.2) is 97.5 Å². The maximum absolute atomic E-state index is 6.22. The molecule has 8 nitrogen and oxygen atoms in total. The van der Waals surface area contributed by atoms with E-state index in [1.807, 2.05) is 12.1 Å². The summed E-state index contributed by atoms with van der Waals surface area (Å²) in [4.78, 5) is 17.6. The van der Waals surface area contributed by atoms with Crippen molar-refractivity contribution in [2.45, 2.75) is 12.8 Å². The number of nitrogens with zero attached hydrogens (tertiary/aromatic N) is 4. The molecule has 266 valence electrons. The monoisotopic (exact) mass is 694 g/mol. The molecule has 0 unspecified atom stereocenters. The first-order valence-corrected chi connectivity index (χ1v) is 18.1. The van der Waals surface area contributed by atoms with E-state index in [0.29, 0.717) is 13.2 Å². The van der Waals surface area contributed by atoms with Gasteiger partial charge in [0.05, 0.1) is 91.4 Å². The SMILES string of the molecule is C[N+](C)(C)CCCOc1cccc(-c2c3nc(cc4ccc([nH]4)c(-c4cccc(OCCC[N+](C)(C)C)c4)c4nc(cc5ccc2[nH]5)C=C4)C=C3)c1. The van der Waals surface area contributed by atoms with E-state index in [1.165, 1.54) is 0 Å². The van der Waals surface area contributed by atoms with E-state index in [1.54, 1.807) is 0 Å². The van der Waals surface area contributed by atoms with E-state index in [0.717, 1.165) is 113 Å². The standard InChI is InChI=1S/C44H50N6O2/c1-49(2,3)23-9-25-51-37-13-7-11-31(27-37)43-39-19-15-33(45-39)29-35-17-21-41(47-35)44(42-22-18-36(48-42)30-34-16-20-40(43)46-34)32-12-8-14-38(28-32)52-26-10-24-50(4,5)6/h7-8,11-22,27-30,45,48H,9-10,23-26H2,1-6H3/q+2. The van der Waals surface area contributed by atoms with Crippen molar-refractivity contribution in [3.63, 3.8) is 0 Å². The summed E-state index contributed by atoms with van der Waals surface area (Å²) in [5.41, 5.74) is 11.5. The van der Waals surface area contributed by atoms with Crippen LogP contribution in [0.5, 0.6) is 11.5 Å². The van der Waals surface area contributed by atoms with Crippen LogP contribution in [0.15, 0.2) is 84.9 Å². The Morgan fingerprint density at radius 1 is 0.519 bits per heavy atom. The van der Waals surface area contributed by atoms with Crippen LogP contribution >= 0.6 is 0 Å². The van der Waals surface area contributed by atoms with Gasteiger partial charge in [0.1, 0.15) is 11.5 Å². The molecular formula is C44H50N6O2+2. The zero-order valence-corrected chi connectivity index (χ0v) is 31.2. The average Bonchev–Trinajstić information content (AvgIpc) is 3.92. The molecule has 0 spiro atoms. The minimum Gasteiger partial charge on any atom is -0.493 e. The topological polar surface area (TPSA) is 75.8 Å². The summed E-state index contributed by atoms with van der Waals surface area (Å²) in [5.74, 6) is 1.71. The van der Waals surface area contributed by atoms with Gasteiger partial charge in [-0.1, -0.05) is 24.3 Å². The molecule has 0 amide bonds. The van der Waals surface area contributed by atoms with Gasteiger partial charge in [-0.15, -0.1) is 0 Å². The minimum atomic E-state index is 0.673. The third-order valence-corrected chi connectivity index (χ3v) is 9.13. The van der Waals surface area contributed by atoms with Gasteiger partial charge in [-0.05, 0) is 96.1 Å². The molecule has 2 aliphatic rings. The molecule has 0 radical (unpaired) electrons. The highest BCUT2D eigenvalue weighted by Crippen LogP contribution is 2.34. The summed E-state index contributed by atoms with van der Waals surface area (Å²) < 4.78 is 14.3. The van der Waals surface area contributed by atoms with Crippen molar-refractivity contribution < 1.29 is 18.4 Å². The normalized spacial score (nSPS) is 12.7. The highest BCUT2D eigenvalue weighted by Gasteiger charge is 2.15. The Morgan fingerprint density at radius 3 is 1.38 bits per heavy atom. The van der Waals surface area contributed by atoms with E-state index in [2.05, 4.69) is 149 Å². The molecule has 0 aliphatic carbocycles. The molecule has 0 fully saturated rings. The Bertz CT molecular complexity index is 2140. The molecule has 5 aromatic rings. The maximum Gasteiger partial charge on any atom is 0.119 e. The summed E-state index contributed by atoms with van der Waals surface area (Å²) in [6.45, 7) is 3.45. The van der Waals surface area contributed by atoms with Crippen molar-refractivity contribution in [3.8, 4) is 33.8 Å². The van der Waals surface area contributed by atoms with Gasteiger partial charge in [0.25, 0.3) is 0 Å². The van der Waals surface area contributed by atoms with Gasteiger partial charge in [0, 0.05) is 46.0 Å². The smallest absolute Gasteiger partial charge is 0.119 e. The van der Waals surface area contributed by atoms with E-state index in [9.17, 15) is 0 Å². The fraction of sp³-hybridized carbons (Fsp3) is 0.273. The minimum absolute atomic E-state index is 0.673. The van der Waals surface area contributed by atoms with Crippen molar-refractivity contribution in [3.05, 3.63) is 108 Å². The number of aromatic nitrogens is 4. The number of aromatic amines is 2. The number of rotatable bonds is 12. The van der Waals surface area contributed by atoms with Crippen LogP contribution in [0.2, 0.25) is 0 Å². The van der Waals surface area contributed by atoms with Gasteiger partial charge in [0.15, 0.2) is 0 Å². The Balaban J connectivity index is 1.30. The van der Waals surface area contributed by atoms with Crippen LogP contribution in [-0.2, 0) is 0 Å². The summed E-state index contributed by atoms with van der Waals surface area (Å²) in [7, 11) is 13.2. The lowest BCUT2D eigenvalue weighted by Crippen LogP contribution is -2.36. The molecule has 0 saturated heterocycles. The highest BCUT2D eigenvalue weighted by molar-refractivity contribution is 5.93. The van der Waals surface area contributed by atoms with Gasteiger partial charge >= 0.3 is 0 Å². The number of hydrogen-bond acceptors (Lipinski definition) is 4. The van der Waals surface area contributed by atoms with Gasteiger partial charge in [0.2, 0.25) is 0 Å². The largest absolute Gasteiger partial charge is 0.493 e. The lowest BCUT2D eigenvalue weighted by atomic mass is 10.0. The van der Waals surface area contributed by atoms with Crippen molar-refractivity contribution in [2.75, 3.05) is 68.6 Å². The second kappa shape index (κ2) is 14.7. The molecule has 3 aromatic heterocycles. The maximum atomic E-state index is 6.22. The zero-order valence-electron chi connectivity index (χ0n) is 31.2. The molecule has 7 rings (SSSR count). The molecule has 52 heavy (non-hydrogen) atoms. The van der Waals surface area contributed by atoms with Gasteiger partial charge in [-0.2, -0.15) is 0 Å². The van der Waals surface area contributed by atoms with Gasteiger partial charge < -0.3 is 28.4 Å². The van der Waals surface area contributed by atoms with Crippen LogP contribution in [0.25, 0.3) is 68.6 Å². The number of fused-ring (bicyclic) bond motifs is 8. The number of benzene rings is 2. The third kappa shape index (κ3) is 8.70. The summed E-state index contributed by atoms with van der Waals surface area (Å²) in [6.07, 6.45) is 10.3. The van der Waals surface area contributed by atoms with Crippen molar-refractivity contribution in [1.82, 2.24) is 19.9 Å². The van der Waals surface area contributed by atoms with Crippen molar-refractivity contribution >= 4 is 46.4 Å². The number of H-pyrrole nitrogens is 2. The van der Waals surface area contributed by atoms with Crippen molar-refractivity contribution in [1.29, 1.82) is 0 Å². The molecule has 2 aliphatic heterocycles. The fourth-order valence-corrected chi connectivity index (χ4v) is 6.62. The summed E-state index contributed by atoms with van der Waals surface area (Å²) in [5, 5.41) is 0. The van der Waals surface area contributed by atoms with Crippen LogP contribution in [0.3, 0.4) is 0 Å². The lowest BCUT2D eigenvalue weighted by Gasteiger charge is -2.23. The molecule has 0 saturated carbocycles. The molecule has 8 heteroatoms. The number of nitrogens with one attached hydrogen (secondary N) is 2. The van der Waals surface area contributed by atoms with E-state index in [4.69, 9.17) is 19.4 Å². The molecule has 2 N–H and O–H groups in total. The number of ether oxygens (including phenoxy) is 2. The van der Waals surface area contributed by atoms with E-state index < -0.39 is 0 Å². The Hall–Kier alpha value is -5.44. The second-order valence-electron chi connectivity index (χ2n) is 15.7. The van der Waals surface area contributed by atoms with Crippen LogP contribution < -0.4 is 9.47 Å². The second-order valence-corrected chi connectivity index (χ2v) is 15.7. The third-order valence-electron chi connectivity index (χ3n) is 9.13. The van der Waals surface area contributed by atoms with E-state index in [-0.39, 0.29) is 0 Å². The van der Waals surface area contributed by atoms with Gasteiger partial charge in [-0.3, -0.25) is 0 Å². The molecule has 0 atom stereocenters. The molecule has 2 aromatic carbocycles. The predicted octanol–water partition coefficient (Wildman–Crippen LogP) is 8.94. The van der Waals surface area contributed by atoms with Crippen LogP contribution in [0, 0.1) is 0 Å². The first kappa shape index (κ1) is 35.0. The lowest BCUT2D eigenvalue weighted by molar-refractivity contribution is -0.870. The summed E-state index contributed by atoms with van der Waals surface area (Å²) >= 11 is 0. The first-order valence-electron chi connectivity index (χ1n) is 18.1. The Labute approximate surface area is 306 Å². The number of quaternary nitrogens is 2. The molecule has 5 heterocycles. The Morgan fingerprint density at radius 2 is 0.962 bits per heavy atom. The van der Waals surface area contributed by atoms with E-state index >= 15 is 0 Å². The van der Waals surface area contributed by atoms with Gasteiger partial charge in [-0.25, -0.2) is 9.97 Å². The summed E-state index contributed by atoms with van der Waals surface area (Å²) in [6, 6.07) is 29.3. The quantitative estimate of drug-likeness (QED) is 0.0990. The first-order chi connectivity index (χ1) is 25.0. The highest BCUT2D eigenvalue weighted by atomic mass is 16.5. The average molecular weight is 695 g/mol. The zero-order chi connectivity index (χ0) is 36.3. The molecular weight excluding hydrogens is 645 g/mol. The van der Waals surface area contributed by atoms with Crippen molar-refractivity contribution in [2.24, 2.45) is 0 Å². The van der Waals surface area contributed by atoms with Crippen LogP contribution in [0.1, 0.15) is 35.6 Å². The predicted molar refractivity (Wildman–Crippen MR) is 216 cm³/mol. The number of hydrogen-bond donors (Lipinski definition) is 2. The van der Waals surface area contributed by atoms with Crippen LogP contribution in [0.4, 0.5) is 0 Å². The molecule has 8 bridgehead atoms. The fourth-order valence-electron chi connectivity index (χ4n) is 6.62.